The summed E-state index contributed by atoms with van der Waals surface area (Å²) in [7, 11) is 0. The lowest BCUT2D eigenvalue weighted by atomic mass is 10.1. The number of carbonyl (C=O) groups excluding carboxylic acids is 1. The number of ether oxygens (including phenoxy) is 2. The molecule has 0 saturated heterocycles. The molecule has 0 atom stereocenters. The Kier molecular flexibility index (Phi) is 4.53. The third kappa shape index (κ3) is 3.32. The van der Waals surface area contributed by atoms with Crippen LogP contribution in [0.2, 0.25) is 5.02 Å². The molecule has 2 aromatic carbocycles. The van der Waals surface area contributed by atoms with Gasteiger partial charge in [-0.15, -0.1) is 0 Å². The molecule has 0 fully saturated rings. The topological polar surface area (TPSA) is 48.7 Å². The Labute approximate surface area is 138 Å². The normalized spacial score (nSPS) is 10.7. The van der Waals surface area contributed by atoms with Gasteiger partial charge in [-0.05, 0) is 25.1 Å². The van der Waals surface area contributed by atoms with Crippen molar-refractivity contribution in [2.24, 2.45) is 0 Å². The van der Waals surface area contributed by atoms with Crippen LogP contribution in [0.5, 0.6) is 5.75 Å². The number of hydrogen-bond acceptors (Lipinski definition) is 4. The third-order valence-electron chi connectivity index (χ3n) is 3.44. The molecule has 0 amide bonds. The van der Waals surface area contributed by atoms with E-state index in [1.54, 1.807) is 12.1 Å². The molecule has 0 aliphatic heterocycles. The molecule has 4 nitrogen and oxygen atoms in total. The highest BCUT2D eigenvalue weighted by molar-refractivity contribution is 6.32. The monoisotopic (exact) mass is 330 g/mol. The summed E-state index contributed by atoms with van der Waals surface area (Å²) >= 11 is 5.98. The van der Waals surface area contributed by atoms with E-state index in [0.29, 0.717) is 16.4 Å². The van der Waals surface area contributed by atoms with E-state index in [1.807, 2.05) is 43.3 Å². The van der Waals surface area contributed by atoms with Gasteiger partial charge in [-0.1, -0.05) is 41.9 Å². The van der Waals surface area contributed by atoms with Gasteiger partial charge in [0.2, 0.25) is 5.76 Å². The van der Waals surface area contributed by atoms with E-state index in [2.05, 4.69) is 0 Å². The van der Waals surface area contributed by atoms with Crippen LogP contribution in [0, 0.1) is 6.92 Å². The molecule has 0 spiro atoms. The standard InChI is InChI=1S/C18H15ClO4/c1-12-13-6-2-4-8-15(13)23-17(12)18(20)22-11-10-21-16-9-5-3-7-14(16)19/h2-9H,10-11H2,1H3. The molecule has 0 bridgehead atoms. The smallest absolute Gasteiger partial charge is 0.374 e. The lowest BCUT2D eigenvalue weighted by molar-refractivity contribution is 0.0416. The van der Waals surface area contributed by atoms with Crippen molar-refractivity contribution >= 4 is 28.5 Å². The minimum atomic E-state index is -0.499. The molecule has 3 aromatic rings. The van der Waals surface area contributed by atoms with E-state index in [-0.39, 0.29) is 19.0 Å². The minimum Gasteiger partial charge on any atom is -0.488 e. The van der Waals surface area contributed by atoms with Crippen LogP contribution in [0.25, 0.3) is 11.0 Å². The second kappa shape index (κ2) is 6.75. The van der Waals surface area contributed by atoms with E-state index in [9.17, 15) is 4.79 Å². The van der Waals surface area contributed by atoms with Gasteiger partial charge in [0, 0.05) is 10.9 Å². The van der Waals surface area contributed by atoms with Gasteiger partial charge in [0.25, 0.3) is 0 Å². The maximum atomic E-state index is 12.1. The average molecular weight is 331 g/mol. The molecule has 0 radical (unpaired) electrons. The summed E-state index contributed by atoms with van der Waals surface area (Å²) in [6.45, 7) is 2.16. The third-order valence-corrected chi connectivity index (χ3v) is 3.75. The predicted octanol–water partition coefficient (Wildman–Crippen LogP) is 4.63. The Bertz CT molecular complexity index is 838. The number of carbonyl (C=O) groups is 1. The van der Waals surface area contributed by atoms with Crippen molar-refractivity contribution < 1.29 is 18.7 Å². The summed E-state index contributed by atoms with van der Waals surface area (Å²) < 4.78 is 16.2. The maximum absolute atomic E-state index is 12.1. The van der Waals surface area contributed by atoms with Crippen molar-refractivity contribution in [1.82, 2.24) is 0 Å². The number of furan rings is 1. The molecule has 1 heterocycles. The number of hydrogen-bond donors (Lipinski definition) is 0. The molecule has 23 heavy (non-hydrogen) atoms. The number of para-hydroxylation sites is 2. The molecule has 118 valence electrons. The Morgan fingerprint density at radius 2 is 1.83 bits per heavy atom. The molecule has 0 unspecified atom stereocenters. The van der Waals surface area contributed by atoms with E-state index in [1.165, 1.54) is 0 Å². The van der Waals surface area contributed by atoms with Crippen LogP contribution in [0.1, 0.15) is 16.1 Å². The van der Waals surface area contributed by atoms with Crippen molar-refractivity contribution in [3.8, 4) is 5.75 Å². The quantitative estimate of drug-likeness (QED) is 0.505. The molecule has 5 heteroatoms. The summed E-state index contributed by atoms with van der Waals surface area (Å²) in [5.41, 5.74) is 1.45. The van der Waals surface area contributed by atoms with Gasteiger partial charge in [0.15, 0.2) is 0 Å². The summed E-state index contributed by atoms with van der Waals surface area (Å²) in [4.78, 5) is 12.1. The zero-order valence-electron chi connectivity index (χ0n) is 12.5. The number of fused-ring (bicyclic) bond motifs is 1. The van der Waals surface area contributed by atoms with Gasteiger partial charge in [-0.2, -0.15) is 0 Å². The summed E-state index contributed by atoms with van der Waals surface area (Å²) in [6, 6.07) is 14.6. The molecule has 1 aromatic heterocycles. The zero-order chi connectivity index (χ0) is 16.2. The zero-order valence-corrected chi connectivity index (χ0v) is 13.3. The highest BCUT2D eigenvalue weighted by Gasteiger charge is 2.18. The van der Waals surface area contributed by atoms with Gasteiger partial charge >= 0.3 is 5.97 Å². The first-order valence-electron chi connectivity index (χ1n) is 7.19. The molecular weight excluding hydrogens is 316 g/mol. The molecule has 0 aliphatic rings. The SMILES string of the molecule is Cc1c(C(=O)OCCOc2ccccc2Cl)oc2ccccc12. The Balaban J connectivity index is 1.59. The summed E-state index contributed by atoms with van der Waals surface area (Å²) in [5.74, 6) is 0.288. The number of esters is 1. The van der Waals surface area contributed by atoms with Crippen LogP contribution in [-0.4, -0.2) is 19.2 Å². The van der Waals surface area contributed by atoms with Gasteiger partial charge in [0.1, 0.15) is 24.5 Å². The fraction of sp³-hybridized carbons (Fsp3) is 0.167. The van der Waals surface area contributed by atoms with Gasteiger partial charge in [0.05, 0.1) is 5.02 Å². The number of aryl methyl sites for hydroxylation is 1. The largest absolute Gasteiger partial charge is 0.488 e. The van der Waals surface area contributed by atoms with Crippen molar-refractivity contribution in [1.29, 1.82) is 0 Å². The van der Waals surface area contributed by atoms with Crippen LogP contribution < -0.4 is 4.74 Å². The fourth-order valence-corrected chi connectivity index (χ4v) is 2.47. The Hall–Kier alpha value is -2.46. The van der Waals surface area contributed by atoms with Crippen LogP contribution in [0.4, 0.5) is 0 Å². The fourth-order valence-electron chi connectivity index (χ4n) is 2.28. The van der Waals surface area contributed by atoms with Crippen molar-refractivity contribution in [2.45, 2.75) is 6.92 Å². The van der Waals surface area contributed by atoms with E-state index in [0.717, 1.165) is 10.9 Å². The van der Waals surface area contributed by atoms with Crippen molar-refractivity contribution in [3.63, 3.8) is 0 Å². The second-order valence-corrected chi connectivity index (χ2v) is 5.37. The number of rotatable bonds is 5. The molecule has 3 rings (SSSR count). The Morgan fingerprint density at radius 1 is 1.09 bits per heavy atom. The highest BCUT2D eigenvalue weighted by atomic mass is 35.5. The van der Waals surface area contributed by atoms with Gasteiger partial charge < -0.3 is 13.9 Å². The molecule has 0 saturated carbocycles. The summed E-state index contributed by atoms with van der Waals surface area (Å²) in [5, 5.41) is 1.43. The van der Waals surface area contributed by atoms with Crippen LogP contribution >= 0.6 is 11.6 Å². The van der Waals surface area contributed by atoms with Crippen LogP contribution in [0.3, 0.4) is 0 Å². The average Bonchev–Trinajstić information content (AvgIpc) is 2.90. The first kappa shape index (κ1) is 15.4. The Morgan fingerprint density at radius 3 is 2.61 bits per heavy atom. The second-order valence-electron chi connectivity index (χ2n) is 4.97. The molecule has 0 N–H and O–H groups in total. The van der Waals surface area contributed by atoms with Crippen molar-refractivity contribution in [3.05, 3.63) is 64.9 Å². The minimum absolute atomic E-state index is 0.112. The van der Waals surface area contributed by atoms with Gasteiger partial charge in [-0.3, -0.25) is 0 Å². The maximum Gasteiger partial charge on any atom is 0.374 e. The predicted molar refractivity (Wildman–Crippen MR) is 88.2 cm³/mol. The highest BCUT2D eigenvalue weighted by Crippen LogP contribution is 2.25. The molecular formula is C18H15ClO4. The van der Waals surface area contributed by atoms with Crippen LogP contribution in [-0.2, 0) is 4.74 Å². The van der Waals surface area contributed by atoms with E-state index >= 15 is 0 Å². The lowest BCUT2D eigenvalue weighted by Gasteiger charge is -2.08. The first-order chi connectivity index (χ1) is 11.2. The van der Waals surface area contributed by atoms with Gasteiger partial charge in [-0.25, -0.2) is 4.79 Å². The van der Waals surface area contributed by atoms with Crippen molar-refractivity contribution in [2.75, 3.05) is 13.2 Å². The lowest BCUT2D eigenvalue weighted by Crippen LogP contribution is -2.12. The number of halogens is 1. The molecule has 0 aliphatic carbocycles. The van der Waals surface area contributed by atoms with Crippen LogP contribution in [0.15, 0.2) is 52.9 Å². The first-order valence-corrected chi connectivity index (χ1v) is 7.57. The van der Waals surface area contributed by atoms with E-state index < -0.39 is 5.97 Å². The van der Waals surface area contributed by atoms with E-state index in [4.69, 9.17) is 25.5 Å². The summed E-state index contributed by atoms with van der Waals surface area (Å²) in [6.07, 6.45) is 0. The number of benzene rings is 2.